The smallest absolute Gasteiger partial charge is 0.0220 e. The standard InChI is InChI=1S/C15H32N2/c1-6-8-16-15(13(4)7-2)11-17-10-12(3)9-14(17)5/h12-16H,6-11H2,1-5H3. The third kappa shape index (κ3) is 4.59. The molecule has 4 unspecified atom stereocenters. The molecule has 2 nitrogen and oxygen atoms in total. The number of nitrogens with zero attached hydrogens (tertiary/aromatic N) is 1. The van der Waals surface area contributed by atoms with Crippen LogP contribution in [-0.4, -0.2) is 36.6 Å². The number of rotatable bonds is 7. The average molecular weight is 240 g/mol. The van der Waals surface area contributed by atoms with E-state index in [4.69, 9.17) is 0 Å². The normalized spacial score (nSPS) is 29.5. The Hall–Kier alpha value is -0.0800. The van der Waals surface area contributed by atoms with Gasteiger partial charge in [0.2, 0.25) is 0 Å². The van der Waals surface area contributed by atoms with Crippen molar-refractivity contribution in [3.05, 3.63) is 0 Å². The van der Waals surface area contributed by atoms with E-state index in [2.05, 4.69) is 44.8 Å². The first kappa shape index (κ1) is 15.0. The van der Waals surface area contributed by atoms with Crippen LogP contribution in [0.25, 0.3) is 0 Å². The van der Waals surface area contributed by atoms with Crippen molar-refractivity contribution in [1.82, 2.24) is 10.2 Å². The van der Waals surface area contributed by atoms with Crippen molar-refractivity contribution >= 4 is 0 Å². The van der Waals surface area contributed by atoms with E-state index < -0.39 is 0 Å². The van der Waals surface area contributed by atoms with Gasteiger partial charge in [-0.05, 0) is 38.1 Å². The van der Waals surface area contributed by atoms with Crippen LogP contribution >= 0.6 is 0 Å². The summed E-state index contributed by atoms with van der Waals surface area (Å²) in [5.41, 5.74) is 0. The average Bonchev–Trinajstić information content (AvgIpc) is 2.62. The summed E-state index contributed by atoms with van der Waals surface area (Å²) < 4.78 is 0. The van der Waals surface area contributed by atoms with Crippen LogP contribution in [0.2, 0.25) is 0 Å². The van der Waals surface area contributed by atoms with Crippen molar-refractivity contribution in [2.24, 2.45) is 11.8 Å². The summed E-state index contributed by atoms with van der Waals surface area (Å²) in [4.78, 5) is 2.68. The highest BCUT2D eigenvalue weighted by Crippen LogP contribution is 2.23. The van der Waals surface area contributed by atoms with Gasteiger partial charge in [0.1, 0.15) is 0 Å². The second kappa shape index (κ2) is 7.38. The third-order valence-corrected chi connectivity index (χ3v) is 4.33. The molecule has 0 radical (unpaired) electrons. The Kier molecular flexibility index (Phi) is 6.50. The van der Waals surface area contributed by atoms with Gasteiger partial charge >= 0.3 is 0 Å². The molecule has 17 heavy (non-hydrogen) atoms. The number of hydrogen-bond donors (Lipinski definition) is 1. The molecule has 1 N–H and O–H groups in total. The molecule has 0 aromatic carbocycles. The molecule has 0 amide bonds. The zero-order chi connectivity index (χ0) is 12.8. The van der Waals surface area contributed by atoms with Crippen LogP contribution < -0.4 is 5.32 Å². The Morgan fingerprint density at radius 3 is 2.47 bits per heavy atom. The van der Waals surface area contributed by atoms with Gasteiger partial charge in [-0.25, -0.2) is 0 Å². The molecule has 4 atom stereocenters. The van der Waals surface area contributed by atoms with E-state index in [1.54, 1.807) is 0 Å². The summed E-state index contributed by atoms with van der Waals surface area (Å²) in [6.07, 6.45) is 3.89. The van der Waals surface area contributed by atoms with Crippen LogP contribution in [0.1, 0.15) is 53.9 Å². The molecule has 1 rings (SSSR count). The second-order valence-corrected chi connectivity index (χ2v) is 6.09. The monoisotopic (exact) mass is 240 g/mol. The molecular weight excluding hydrogens is 208 g/mol. The Morgan fingerprint density at radius 1 is 1.29 bits per heavy atom. The summed E-state index contributed by atoms with van der Waals surface area (Å²) in [6, 6.07) is 1.45. The molecule has 0 bridgehead atoms. The van der Waals surface area contributed by atoms with Crippen molar-refractivity contribution in [2.45, 2.75) is 66.0 Å². The number of hydrogen-bond acceptors (Lipinski definition) is 2. The summed E-state index contributed by atoms with van der Waals surface area (Å²) >= 11 is 0. The van der Waals surface area contributed by atoms with Crippen molar-refractivity contribution < 1.29 is 0 Å². The van der Waals surface area contributed by atoms with Gasteiger partial charge in [0.15, 0.2) is 0 Å². The first-order valence-corrected chi connectivity index (χ1v) is 7.55. The first-order chi connectivity index (χ1) is 8.08. The van der Waals surface area contributed by atoms with Crippen molar-refractivity contribution in [3.63, 3.8) is 0 Å². The zero-order valence-electron chi connectivity index (χ0n) is 12.5. The highest BCUT2D eigenvalue weighted by molar-refractivity contribution is 4.85. The minimum atomic E-state index is 0.674. The van der Waals surface area contributed by atoms with Crippen molar-refractivity contribution in [3.8, 4) is 0 Å². The van der Waals surface area contributed by atoms with Crippen LogP contribution in [0, 0.1) is 11.8 Å². The SMILES string of the molecule is CCCNC(CN1CC(C)CC1C)C(C)CC. The minimum absolute atomic E-state index is 0.674. The van der Waals surface area contributed by atoms with E-state index in [-0.39, 0.29) is 0 Å². The van der Waals surface area contributed by atoms with E-state index in [9.17, 15) is 0 Å². The van der Waals surface area contributed by atoms with Crippen LogP contribution in [0.3, 0.4) is 0 Å². The lowest BCUT2D eigenvalue weighted by molar-refractivity contribution is 0.203. The van der Waals surface area contributed by atoms with Gasteiger partial charge in [0.05, 0.1) is 0 Å². The molecule has 0 saturated carbocycles. The quantitative estimate of drug-likeness (QED) is 0.735. The summed E-state index contributed by atoms with van der Waals surface area (Å²) in [5, 5.41) is 3.74. The van der Waals surface area contributed by atoms with Crippen LogP contribution in [0.4, 0.5) is 0 Å². The van der Waals surface area contributed by atoms with E-state index in [1.807, 2.05) is 0 Å². The summed E-state index contributed by atoms with van der Waals surface area (Å²) in [7, 11) is 0. The van der Waals surface area contributed by atoms with Gasteiger partial charge in [-0.3, -0.25) is 4.90 Å². The molecule has 1 aliphatic rings. The lowest BCUT2D eigenvalue weighted by Gasteiger charge is -2.31. The maximum atomic E-state index is 3.74. The molecule has 1 heterocycles. The third-order valence-electron chi connectivity index (χ3n) is 4.33. The van der Waals surface area contributed by atoms with Crippen molar-refractivity contribution in [1.29, 1.82) is 0 Å². The Morgan fingerprint density at radius 2 is 2.00 bits per heavy atom. The lowest BCUT2D eigenvalue weighted by Crippen LogP contribution is -2.46. The lowest BCUT2D eigenvalue weighted by atomic mass is 9.98. The summed E-state index contributed by atoms with van der Waals surface area (Å²) in [5.74, 6) is 1.67. The molecule has 102 valence electrons. The van der Waals surface area contributed by atoms with Gasteiger partial charge < -0.3 is 5.32 Å². The van der Waals surface area contributed by atoms with Crippen LogP contribution in [-0.2, 0) is 0 Å². The molecule has 0 spiro atoms. The molecule has 0 aliphatic carbocycles. The van der Waals surface area contributed by atoms with Gasteiger partial charge in [-0.15, -0.1) is 0 Å². The van der Waals surface area contributed by atoms with Crippen LogP contribution in [0.15, 0.2) is 0 Å². The fourth-order valence-corrected chi connectivity index (χ4v) is 2.95. The molecule has 0 aromatic heterocycles. The first-order valence-electron chi connectivity index (χ1n) is 7.55. The predicted octanol–water partition coefficient (Wildman–Crippen LogP) is 3.13. The van der Waals surface area contributed by atoms with Gasteiger partial charge in [-0.2, -0.15) is 0 Å². The Labute approximate surface area is 108 Å². The van der Waals surface area contributed by atoms with E-state index >= 15 is 0 Å². The molecule has 1 fully saturated rings. The molecular formula is C15H32N2. The molecule has 1 saturated heterocycles. The number of likely N-dealkylation sites (tertiary alicyclic amines) is 1. The molecule has 2 heteroatoms. The van der Waals surface area contributed by atoms with E-state index in [1.165, 1.54) is 32.4 Å². The maximum absolute atomic E-state index is 3.74. The Balaban J connectivity index is 2.47. The minimum Gasteiger partial charge on any atom is -0.312 e. The van der Waals surface area contributed by atoms with E-state index in [0.29, 0.717) is 6.04 Å². The maximum Gasteiger partial charge on any atom is 0.0220 e. The Bertz CT molecular complexity index is 205. The highest BCUT2D eigenvalue weighted by atomic mass is 15.2. The molecule has 1 aliphatic heterocycles. The fourth-order valence-electron chi connectivity index (χ4n) is 2.95. The topological polar surface area (TPSA) is 15.3 Å². The van der Waals surface area contributed by atoms with Crippen molar-refractivity contribution in [2.75, 3.05) is 19.6 Å². The van der Waals surface area contributed by atoms with E-state index in [0.717, 1.165) is 24.4 Å². The van der Waals surface area contributed by atoms with Gasteiger partial charge in [0.25, 0.3) is 0 Å². The van der Waals surface area contributed by atoms with Crippen LogP contribution in [0.5, 0.6) is 0 Å². The largest absolute Gasteiger partial charge is 0.312 e. The predicted molar refractivity (Wildman–Crippen MR) is 76.4 cm³/mol. The molecule has 0 aromatic rings. The fraction of sp³-hybridized carbons (Fsp3) is 1.00. The zero-order valence-corrected chi connectivity index (χ0v) is 12.5. The van der Waals surface area contributed by atoms with Gasteiger partial charge in [0, 0.05) is 25.2 Å². The van der Waals surface area contributed by atoms with Gasteiger partial charge in [-0.1, -0.05) is 34.1 Å². The number of nitrogens with one attached hydrogen (secondary N) is 1. The second-order valence-electron chi connectivity index (χ2n) is 6.09. The highest BCUT2D eigenvalue weighted by Gasteiger charge is 2.28. The summed E-state index contributed by atoms with van der Waals surface area (Å²) in [6.45, 7) is 15.4.